The van der Waals surface area contributed by atoms with Crippen LogP contribution in [0.2, 0.25) is 0 Å². The highest BCUT2D eigenvalue weighted by molar-refractivity contribution is 9.10. The molecule has 0 bridgehead atoms. The highest BCUT2D eigenvalue weighted by atomic mass is 79.9. The number of anilines is 1. The largest absolute Gasteiger partial charge is 0.369 e. The highest BCUT2D eigenvalue weighted by Crippen LogP contribution is 2.31. The van der Waals surface area contributed by atoms with Crippen molar-refractivity contribution < 1.29 is 4.39 Å². The molecule has 96 valence electrons. The van der Waals surface area contributed by atoms with Gasteiger partial charge in [-0.15, -0.1) is 0 Å². The number of halogens is 2. The van der Waals surface area contributed by atoms with Gasteiger partial charge in [0.1, 0.15) is 6.07 Å². The maximum absolute atomic E-state index is 14.2. The third-order valence-corrected chi connectivity index (χ3v) is 4.15. The van der Waals surface area contributed by atoms with Crippen LogP contribution in [0.1, 0.15) is 18.4 Å². The first-order valence-electron chi connectivity index (χ1n) is 6.00. The normalized spacial score (nSPS) is 19.7. The molecule has 0 spiro atoms. The molecule has 1 aliphatic heterocycles. The summed E-state index contributed by atoms with van der Waals surface area (Å²) in [5.41, 5.74) is 6.56. The van der Waals surface area contributed by atoms with Crippen LogP contribution >= 0.6 is 15.9 Å². The van der Waals surface area contributed by atoms with Crippen LogP contribution in [-0.2, 0) is 0 Å². The summed E-state index contributed by atoms with van der Waals surface area (Å²) >= 11 is 3.14. The van der Waals surface area contributed by atoms with E-state index in [1.807, 2.05) is 11.0 Å². The molecule has 0 radical (unpaired) electrons. The van der Waals surface area contributed by atoms with Gasteiger partial charge in [-0.1, -0.05) is 0 Å². The maximum Gasteiger partial charge on any atom is 0.161 e. The van der Waals surface area contributed by atoms with Crippen LogP contribution < -0.4 is 10.6 Å². The fourth-order valence-corrected chi connectivity index (χ4v) is 2.77. The van der Waals surface area contributed by atoms with E-state index in [-0.39, 0.29) is 10.3 Å². The fraction of sp³-hybridized carbons (Fsp3) is 0.462. The van der Waals surface area contributed by atoms with E-state index in [9.17, 15) is 4.39 Å². The minimum absolute atomic E-state index is 0.248. The van der Waals surface area contributed by atoms with Gasteiger partial charge in [-0.05, 0) is 53.4 Å². The Morgan fingerprint density at radius 3 is 3.00 bits per heavy atom. The zero-order valence-electron chi connectivity index (χ0n) is 10.00. The number of hydrogen-bond acceptors (Lipinski definition) is 3. The third kappa shape index (κ3) is 2.50. The summed E-state index contributed by atoms with van der Waals surface area (Å²) in [5, 5.41) is 8.85. The summed E-state index contributed by atoms with van der Waals surface area (Å²) in [4.78, 5) is 2.02. The van der Waals surface area contributed by atoms with Crippen molar-refractivity contribution in [2.75, 3.05) is 24.5 Å². The van der Waals surface area contributed by atoms with E-state index in [1.54, 1.807) is 12.1 Å². The number of nitrogens with zero attached hydrogens (tertiary/aromatic N) is 2. The summed E-state index contributed by atoms with van der Waals surface area (Å²) < 4.78 is 14.4. The standard InChI is InChI=1S/C13H15BrFN3/c14-12-10(7-17)3-4-11(13(12)15)18-5-1-2-9(6-16)8-18/h3-4,9H,1-2,5-6,8,16H2. The predicted molar refractivity (Wildman–Crippen MR) is 72.8 cm³/mol. The Labute approximate surface area is 115 Å². The van der Waals surface area contributed by atoms with Gasteiger partial charge < -0.3 is 10.6 Å². The molecule has 0 saturated carbocycles. The minimum Gasteiger partial charge on any atom is -0.369 e. The molecule has 1 aliphatic rings. The molecule has 1 atom stereocenters. The van der Waals surface area contributed by atoms with Crippen LogP contribution in [0.3, 0.4) is 0 Å². The van der Waals surface area contributed by atoms with Crippen molar-refractivity contribution in [1.29, 1.82) is 5.26 Å². The van der Waals surface area contributed by atoms with Gasteiger partial charge in [0, 0.05) is 13.1 Å². The molecule has 1 saturated heterocycles. The minimum atomic E-state index is -0.355. The molecule has 0 aromatic heterocycles. The molecule has 2 N–H and O–H groups in total. The summed E-state index contributed by atoms with van der Waals surface area (Å²) in [6.45, 7) is 2.26. The maximum atomic E-state index is 14.2. The van der Waals surface area contributed by atoms with Crippen molar-refractivity contribution >= 4 is 21.6 Å². The average molecular weight is 312 g/mol. The fourth-order valence-electron chi connectivity index (χ4n) is 2.35. The number of piperidine rings is 1. The molecule has 0 aliphatic carbocycles. The van der Waals surface area contributed by atoms with E-state index in [2.05, 4.69) is 15.9 Å². The third-order valence-electron chi connectivity index (χ3n) is 3.38. The Hall–Kier alpha value is -1.12. The van der Waals surface area contributed by atoms with E-state index in [4.69, 9.17) is 11.0 Å². The average Bonchev–Trinajstić information content (AvgIpc) is 2.42. The molecule has 5 heteroatoms. The van der Waals surface area contributed by atoms with Crippen molar-refractivity contribution in [1.82, 2.24) is 0 Å². The summed E-state index contributed by atoms with van der Waals surface area (Å²) in [5.74, 6) is 0.0688. The van der Waals surface area contributed by atoms with E-state index in [1.165, 1.54) is 0 Å². The lowest BCUT2D eigenvalue weighted by molar-refractivity contribution is 0.420. The lowest BCUT2D eigenvalue weighted by atomic mass is 9.97. The number of benzene rings is 1. The van der Waals surface area contributed by atoms with Crippen molar-refractivity contribution in [2.45, 2.75) is 12.8 Å². The molecule has 18 heavy (non-hydrogen) atoms. The van der Waals surface area contributed by atoms with E-state index >= 15 is 0 Å². The predicted octanol–water partition coefficient (Wildman–Crippen LogP) is 2.63. The van der Waals surface area contributed by atoms with Gasteiger partial charge in [-0.2, -0.15) is 5.26 Å². The van der Waals surface area contributed by atoms with Gasteiger partial charge in [0.25, 0.3) is 0 Å². The number of hydrogen-bond donors (Lipinski definition) is 1. The van der Waals surface area contributed by atoms with Gasteiger partial charge in [-0.25, -0.2) is 4.39 Å². The molecular weight excluding hydrogens is 297 g/mol. The number of nitrogens with two attached hydrogens (primary N) is 1. The Balaban J connectivity index is 2.29. The Morgan fingerprint density at radius 2 is 2.33 bits per heavy atom. The Bertz CT molecular complexity index is 484. The van der Waals surface area contributed by atoms with Gasteiger partial charge in [-0.3, -0.25) is 0 Å². The van der Waals surface area contributed by atoms with Crippen molar-refractivity contribution in [2.24, 2.45) is 11.7 Å². The first kappa shape index (κ1) is 13.3. The van der Waals surface area contributed by atoms with Gasteiger partial charge in [0.15, 0.2) is 5.82 Å². The molecule has 1 aromatic carbocycles. The lowest BCUT2D eigenvalue weighted by Gasteiger charge is -2.34. The van der Waals surface area contributed by atoms with E-state index < -0.39 is 0 Å². The van der Waals surface area contributed by atoms with Crippen LogP contribution in [0.25, 0.3) is 0 Å². The van der Waals surface area contributed by atoms with E-state index in [0.29, 0.717) is 23.7 Å². The second-order valence-corrected chi connectivity index (χ2v) is 5.35. The SMILES string of the molecule is N#Cc1ccc(N2CCCC(CN)C2)c(F)c1Br. The molecule has 1 unspecified atom stereocenters. The summed E-state index contributed by atoms with van der Waals surface area (Å²) in [7, 11) is 0. The number of rotatable bonds is 2. The van der Waals surface area contributed by atoms with Crippen molar-refractivity contribution in [3.05, 3.63) is 28.0 Å². The van der Waals surface area contributed by atoms with Gasteiger partial charge in [0.2, 0.25) is 0 Å². The molecule has 1 fully saturated rings. The Morgan fingerprint density at radius 1 is 1.56 bits per heavy atom. The first-order valence-corrected chi connectivity index (χ1v) is 6.79. The second kappa shape index (κ2) is 5.68. The molecule has 3 nitrogen and oxygen atoms in total. The number of nitriles is 1. The summed E-state index contributed by atoms with van der Waals surface area (Å²) in [6, 6.07) is 5.29. The van der Waals surface area contributed by atoms with Crippen LogP contribution in [0.5, 0.6) is 0 Å². The first-order chi connectivity index (χ1) is 8.67. The topological polar surface area (TPSA) is 53.0 Å². The van der Waals surface area contributed by atoms with Crippen LogP contribution in [-0.4, -0.2) is 19.6 Å². The van der Waals surface area contributed by atoms with Crippen molar-refractivity contribution in [3.8, 4) is 6.07 Å². The van der Waals surface area contributed by atoms with Crippen molar-refractivity contribution in [3.63, 3.8) is 0 Å². The van der Waals surface area contributed by atoms with Crippen LogP contribution in [0, 0.1) is 23.1 Å². The molecule has 1 heterocycles. The molecule has 2 rings (SSSR count). The lowest BCUT2D eigenvalue weighted by Crippen LogP contribution is -2.38. The van der Waals surface area contributed by atoms with Crippen LogP contribution in [0.4, 0.5) is 10.1 Å². The highest BCUT2D eigenvalue weighted by Gasteiger charge is 2.22. The molecular formula is C13H15BrFN3. The zero-order valence-corrected chi connectivity index (χ0v) is 11.6. The monoisotopic (exact) mass is 311 g/mol. The van der Waals surface area contributed by atoms with Gasteiger partial charge >= 0.3 is 0 Å². The smallest absolute Gasteiger partial charge is 0.161 e. The van der Waals surface area contributed by atoms with Gasteiger partial charge in [0.05, 0.1) is 15.7 Å². The second-order valence-electron chi connectivity index (χ2n) is 4.56. The van der Waals surface area contributed by atoms with Crippen LogP contribution in [0.15, 0.2) is 16.6 Å². The Kier molecular flexibility index (Phi) is 4.20. The zero-order chi connectivity index (χ0) is 13.1. The summed E-state index contributed by atoms with van der Waals surface area (Å²) in [6.07, 6.45) is 2.13. The molecule has 0 amide bonds. The molecule has 1 aromatic rings. The quantitative estimate of drug-likeness (QED) is 0.913. The van der Waals surface area contributed by atoms with E-state index in [0.717, 1.165) is 25.9 Å².